The highest BCUT2D eigenvalue weighted by Crippen LogP contribution is 2.31. The summed E-state index contributed by atoms with van der Waals surface area (Å²) < 4.78 is 0. The zero-order valence-corrected chi connectivity index (χ0v) is 9.67. The van der Waals surface area contributed by atoms with E-state index < -0.39 is 0 Å². The Morgan fingerprint density at radius 3 is 2.67 bits per heavy atom. The molecule has 0 bridgehead atoms. The van der Waals surface area contributed by atoms with Crippen LogP contribution >= 0.6 is 16.8 Å². The van der Waals surface area contributed by atoms with E-state index in [-0.39, 0.29) is 7.53 Å². The van der Waals surface area contributed by atoms with Gasteiger partial charge in [0.15, 0.2) is 0 Å². The lowest BCUT2D eigenvalue weighted by Crippen LogP contribution is -1.93. The molecule has 1 unspecified atom stereocenters. The second kappa shape index (κ2) is 5.05. The molecule has 0 nitrogen and oxygen atoms in total. The number of aryl methyl sites for hydroxylation is 2. The molecule has 1 rings (SSSR count). The van der Waals surface area contributed by atoms with E-state index in [1.54, 1.807) is 0 Å². The molecule has 0 N–H and O–H groups in total. The minimum absolute atomic E-state index is 0.00598. The van der Waals surface area contributed by atoms with Gasteiger partial charge in [0.2, 0.25) is 0 Å². The van der Waals surface area contributed by atoms with E-state index in [9.17, 15) is 0 Å². The smallest absolute Gasteiger partial charge is 0.00846 e. The molecule has 1 aromatic heterocycles. The maximum Gasteiger partial charge on any atom is 0.00846 e. The maximum absolute atomic E-state index is 4.60. The molecule has 66 valence electrons. The van der Waals surface area contributed by atoms with Gasteiger partial charge in [-0.25, -0.2) is 0 Å². The molecular weight excluding hydrogens is 182 g/mol. The van der Waals surface area contributed by atoms with Crippen molar-refractivity contribution in [3.8, 4) is 0 Å². The van der Waals surface area contributed by atoms with Crippen molar-refractivity contribution in [3.63, 3.8) is 0 Å². The van der Waals surface area contributed by atoms with E-state index in [4.69, 9.17) is 0 Å². The van der Waals surface area contributed by atoms with Crippen LogP contribution in [0.5, 0.6) is 0 Å². The lowest BCUT2D eigenvalue weighted by molar-refractivity contribution is 0.931. The van der Waals surface area contributed by atoms with Crippen molar-refractivity contribution in [1.29, 1.82) is 0 Å². The third-order valence-corrected chi connectivity index (χ3v) is 5.33. The monoisotopic (exact) mass is 198 g/mol. The molecule has 0 saturated heterocycles. The molecule has 2 radical (unpaired) electrons. The van der Waals surface area contributed by atoms with Crippen molar-refractivity contribution < 1.29 is 0 Å². The molecule has 0 aliphatic heterocycles. The van der Waals surface area contributed by atoms with Gasteiger partial charge in [-0.1, -0.05) is 26.3 Å². The fraction of sp³-hybridized carbons (Fsp3) is 0.600. The Morgan fingerprint density at radius 1 is 1.33 bits per heavy atom. The molecule has 0 amide bonds. The summed E-state index contributed by atoms with van der Waals surface area (Å²) in [7, 11) is 4.60. The predicted molar refractivity (Wildman–Crippen MR) is 60.0 cm³/mol. The summed E-state index contributed by atoms with van der Waals surface area (Å²) in [4.78, 5) is 0. The minimum Gasteiger partial charge on any atom is -0.116 e. The van der Waals surface area contributed by atoms with Gasteiger partial charge in [0.25, 0.3) is 0 Å². The van der Waals surface area contributed by atoms with E-state index in [1.165, 1.54) is 36.0 Å². The Labute approximate surface area is 79.0 Å². The van der Waals surface area contributed by atoms with E-state index in [2.05, 4.69) is 35.0 Å². The van der Waals surface area contributed by atoms with Crippen molar-refractivity contribution in [2.24, 2.45) is 0 Å². The largest absolute Gasteiger partial charge is 0.116 e. The van der Waals surface area contributed by atoms with E-state index in [1.807, 2.05) is 0 Å². The van der Waals surface area contributed by atoms with Crippen LogP contribution in [-0.4, -0.2) is 0 Å². The van der Waals surface area contributed by atoms with Crippen molar-refractivity contribution >= 4 is 21.8 Å². The Kier molecular flexibility index (Phi) is 4.33. The van der Waals surface area contributed by atoms with Crippen molar-refractivity contribution in [1.82, 2.24) is 0 Å². The predicted octanol–water partition coefficient (Wildman–Crippen LogP) is 4.07. The number of rotatable bonds is 4. The van der Waals surface area contributed by atoms with Crippen LogP contribution in [0.15, 0.2) is 11.9 Å². The molecule has 0 saturated carbocycles. The summed E-state index contributed by atoms with van der Waals surface area (Å²) in [5, 5.41) is 1.38. The van der Waals surface area contributed by atoms with Gasteiger partial charge >= 0.3 is 0 Å². The van der Waals surface area contributed by atoms with Crippen LogP contribution in [0.3, 0.4) is 0 Å². The minimum atomic E-state index is 0.00598. The van der Waals surface area contributed by atoms with Gasteiger partial charge in [0.1, 0.15) is 0 Å². The number of hydrogen-bond acceptors (Lipinski definition) is 0. The molecule has 0 aromatic carbocycles. The van der Waals surface area contributed by atoms with Crippen LogP contribution in [0, 0.1) is 0 Å². The van der Waals surface area contributed by atoms with Crippen LogP contribution in [0.1, 0.15) is 32.3 Å². The van der Waals surface area contributed by atoms with Gasteiger partial charge in [-0.15, -0.1) is 7.53 Å². The molecule has 12 heavy (non-hydrogen) atoms. The molecule has 0 spiro atoms. The highest BCUT2D eigenvalue weighted by Gasteiger charge is 2.04. The molecule has 2 heteroatoms. The fourth-order valence-corrected chi connectivity index (χ4v) is 3.98. The second-order valence-corrected chi connectivity index (χ2v) is 6.04. The van der Waals surface area contributed by atoms with Gasteiger partial charge in [-0.3, -0.25) is 0 Å². The molecule has 0 aliphatic rings. The first-order valence-electron chi connectivity index (χ1n) is 4.66. The molecule has 1 aromatic rings. The van der Waals surface area contributed by atoms with Crippen molar-refractivity contribution in [3.05, 3.63) is 17.4 Å². The first-order valence-corrected chi connectivity index (χ1v) is 6.70. The molecule has 0 aliphatic carbocycles. The first kappa shape index (κ1) is 10.3. The van der Waals surface area contributed by atoms with E-state index in [0.717, 1.165) is 0 Å². The quantitative estimate of drug-likeness (QED) is 0.639. The summed E-state index contributed by atoms with van der Waals surface area (Å²) in [6.45, 7) is 4.47. The Bertz CT molecular complexity index is 214. The highest BCUT2D eigenvalue weighted by atomic mass is 31.1. The topological polar surface area (TPSA) is 0 Å². The lowest BCUT2D eigenvalue weighted by Gasteiger charge is -1.99. The van der Waals surface area contributed by atoms with Crippen LogP contribution < -0.4 is 5.04 Å². The molecule has 0 fully saturated rings. The normalized spacial score (nSPS) is 12.1. The third kappa shape index (κ3) is 2.35. The molecular formula is C10H16P2. The first-order chi connectivity index (χ1) is 5.79. The Morgan fingerprint density at radius 2 is 2.08 bits per heavy atom. The Balaban J connectivity index is 2.74. The highest BCUT2D eigenvalue weighted by molar-refractivity contribution is 7.63. The molecule has 1 atom stereocenters. The summed E-state index contributed by atoms with van der Waals surface area (Å²) >= 11 is 0. The van der Waals surface area contributed by atoms with Crippen LogP contribution in [-0.2, 0) is 12.6 Å². The van der Waals surface area contributed by atoms with E-state index >= 15 is 0 Å². The standard InChI is InChI=1S/C10H16P2/c1-3-5-9-6-8-12(7-4-2)10(9)11/h6,8H,3-5,7H2,1-2H3. The third-order valence-electron chi connectivity index (χ3n) is 2.00. The molecule has 1 heterocycles. The lowest BCUT2D eigenvalue weighted by atomic mass is 10.2. The van der Waals surface area contributed by atoms with Gasteiger partial charge in [-0.05, 0) is 39.6 Å². The van der Waals surface area contributed by atoms with Gasteiger partial charge in [-0.2, -0.15) is 0 Å². The van der Waals surface area contributed by atoms with Crippen LogP contribution in [0.2, 0.25) is 0 Å². The summed E-state index contributed by atoms with van der Waals surface area (Å²) in [5.74, 6) is 2.37. The second-order valence-electron chi connectivity index (χ2n) is 3.11. The van der Waals surface area contributed by atoms with Gasteiger partial charge in [0, 0.05) is 5.04 Å². The van der Waals surface area contributed by atoms with Gasteiger partial charge in [0.05, 0.1) is 0 Å². The Hall–Kier alpha value is 0.210. The zero-order valence-electron chi connectivity index (χ0n) is 7.88. The van der Waals surface area contributed by atoms with Crippen molar-refractivity contribution in [2.75, 3.05) is 0 Å². The SMILES string of the molecule is CCCc1ccp(CCC)c1[P]. The van der Waals surface area contributed by atoms with Crippen LogP contribution in [0.25, 0.3) is 0 Å². The average Bonchev–Trinajstić information content (AvgIpc) is 2.38. The van der Waals surface area contributed by atoms with Gasteiger partial charge < -0.3 is 0 Å². The fourth-order valence-electron chi connectivity index (χ4n) is 1.40. The zero-order chi connectivity index (χ0) is 8.97. The van der Waals surface area contributed by atoms with E-state index in [0.29, 0.717) is 0 Å². The number of hydrogen-bond donors (Lipinski definition) is 0. The average molecular weight is 198 g/mol. The van der Waals surface area contributed by atoms with Crippen molar-refractivity contribution in [2.45, 2.75) is 39.3 Å². The van der Waals surface area contributed by atoms with Crippen LogP contribution in [0.4, 0.5) is 0 Å². The summed E-state index contributed by atoms with van der Waals surface area (Å²) in [5.41, 5.74) is 1.49. The maximum atomic E-state index is 4.60. The summed E-state index contributed by atoms with van der Waals surface area (Å²) in [6, 6.07) is 2.28. The summed E-state index contributed by atoms with van der Waals surface area (Å²) in [6.07, 6.45) is 5.04.